The molecule has 2 aromatic carbocycles. The summed E-state index contributed by atoms with van der Waals surface area (Å²) >= 11 is 0. The summed E-state index contributed by atoms with van der Waals surface area (Å²) in [7, 11) is 6.47. The molecule has 2 aromatic rings. The summed E-state index contributed by atoms with van der Waals surface area (Å²) in [5.74, 6) is -3.84. The number of nitrogens with one attached hydrogen (secondary N) is 5. The molecule has 15 heteroatoms. The number of rotatable bonds is 22. The van der Waals surface area contributed by atoms with Crippen molar-refractivity contribution in [2.75, 3.05) is 34.9 Å². The van der Waals surface area contributed by atoms with Crippen LogP contribution in [0.25, 0.3) is 0 Å². The van der Waals surface area contributed by atoms with Crippen LogP contribution < -0.4 is 26.8 Å². The van der Waals surface area contributed by atoms with Crippen molar-refractivity contribution in [3.8, 4) is 0 Å². The highest BCUT2D eigenvalue weighted by Gasteiger charge is 2.44. The third-order valence-corrected chi connectivity index (χ3v) is 12.5. The first kappa shape index (κ1) is 51.5. The van der Waals surface area contributed by atoms with Crippen LogP contribution in [0, 0.1) is 23.7 Å². The second-order valence-corrected chi connectivity index (χ2v) is 17.3. The molecule has 0 aromatic heterocycles. The Balaban J connectivity index is 1.81. The molecule has 1 heterocycles. The van der Waals surface area contributed by atoms with Gasteiger partial charge in [0.05, 0.1) is 42.7 Å². The van der Waals surface area contributed by atoms with Crippen molar-refractivity contribution in [2.24, 2.45) is 23.7 Å². The number of likely N-dealkylation sites (N-methyl/N-ethyl adjacent to an activating group) is 2. The Labute approximate surface area is 369 Å². The second-order valence-electron chi connectivity index (χ2n) is 17.3. The molecular formula is C47H73N7O8. The van der Waals surface area contributed by atoms with Gasteiger partial charge in [-0.25, -0.2) is 0 Å². The van der Waals surface area contributed by atoms with Gasteiger partial charge in [-0.1, -0.05) is 110 Å². The van der Waals surface area contributed by atoms with E-state index >= 15 is 0 Å². The minimum Gasteiger partial charge on any atom is -0.379 e. The molecule has 0 spiro atoms. The zero-order valence-electron chi connectivity index (χ0n) is 38.9. The van der Waals surface area contributed by atoms with Gasteiger partial charge in [0.15, 0.2) is 0 Å². The molecule has 344 valence electrons. The molecule has 0 bridgehead atoms. The van der Waals surface area contributed by atoms with Crippen LogP contribution in [0.2, 0.25) is 0 Å². The molecule has 1 fully saturated rings. The van der Waals surface area contributed by atoms with Crippen molar-refractivity contribution in [1.29, 1.82) is 0 Å². The second kappa shape index (κ2) is 24.7. The van der Waals surface area contributed by atoms with Gasteiger partial charge in [-0.2, -0.15) is 0 Å². The number of ether oxygens (including phenoxy) is 2. The van der Waals surface area contributed by atoms with Crippen molar-refractivity contribution in [1.82, 2.24) is 36.6 Å². The van der Waals surface area contributed by atoms with Gasteiger partial charge >= 0.3 is 0 Å². The molecule has 5 N–H and O–H groups in total. The van der Waals surface area contributed by atoms with Crippen molar-refractivity contribution < 1.29 is 38.2 Å². The van der Waals surface area contributed by atoms with E-state index in [4.69, 9.17) is 9.47 Å². The summed E-state index contributed by atoms with van der Waals surface area (Å²) in [6.45, 7) is 15.7. The van der Waals surface area contributed by atoms with Crippen LogP contribution in [-0.2, 0) is 33.4 Å². The first-order valence-electron chi connectivity index (χ1n) is 22.0. The first-order valence-corrected chi connectivity index (χ1v) is 22.0. The predicted octanol–water partition coefficient (Wildman–Crippen LogP) is 4.04. The average Bonchev–Trinajstić information content (AvgIpc) is 3.76. The standard InChI is InChI=1S/C47H73N7O8/c1-13-30(6)41(53(10)47(60)39(29(4)5)49-45(58)38(48-9)28(2)3)36(61-11)27-37(55)54-26-20-25-35(54)42(62-12)32(8)43(56)50-40(31(7)33-21-16-14-17-22-33)46(59)52-51-44(57)34-23-18-15-19-24-34/h14-19,21-24,28-32,35-36,38-42,48H,13,20,25-27H2,1-12H3,(H,49,58)(H,50,56)(H,51,57)(H,52,59). The number of amides is 6. The first-order chi connectivity index (χ1) is 29.4. The lowest BCUT2D eigenvalue weighted by Gasteiger charge is -2.41. The van der Waals surface area contributed by atoms with Gasteiger partial charge in [0, 0.05) is 39.3 Å². The van der Waals surface area contributed by atoms with Crippen molar-refractivity contribution in [2.45, 2.75) is 129 Å². The van der Waals surface area contributed by atoms with Crippen LogP contribution in [0.15, 0.2) is 60.7 Å². The summed E-state index contributed by atoms with van der Waals surface area (Å²) < 4.78 is 12.0. The number of likely N-dealkylation sites (tertiary alicyclic amines) is 1. The highest BCUT2D eigenvalue weighted by atomic mass is 16.5. The van der Waals surface area contributed by atoms with Crippen molar-refractivity contribution in [3.63, 3.8) is 0 Å². The highest BCUT2D eigenvalue weighted by Crippen LogP contribution is 2.30. The van der Waals surface area contributed by atoms with E-state index in [1.165, 1.54) is 14.2 Å². The maximum atomic E-state index is 14.4. The van der Waals surface area contributed by atoms with Gasteiger partial charge < -0.3 is 35.2 Å². The summed E-state index contributed by atoms with van der Waals surface area (Å²) in [4.78, 5) is 86.0. The zero-order valence-corrected chi connectivity index (χ0v) is 38.9. The van der Waals surface area contributed by atoms with E-state index in [0.29, 0.717) is 31.4 Å². The summed E-state index contributed by atoms with van der Waals surface area (Å²) in [6, 6.07) is 14.4. The molecule has 1 aliphatic rings. The zero-order chi connectivity index (χ0) is 46.3. The van der Waals surface area contributed by atoms with E-state index in [2.05, 4.69) is 26.8 Å². The number of nitrogens with zero attached hydrogens (tertiary/aromatic N) is 2. The van der Waals surface area contributed by atoms with E-state index < -0.39 is 72.0 Å². The Morgan fingerprint density at radius 2 is 1.34 bits per heavy atom. The number of hydrogen-bond donors (Lipinski definition) is 5. The molecule has 0 radical (unpaired) electrons. The molecule has 15 nitrogen and oxygen atoms in total. The molecule has 62 heavy (non-hydrogen) atoms. The van der Waals surface area contributed by atoms with Crippen LogP contribution in [0.1, 0.15) is 103 Å². The van der Waals surface area contributed by atoms with E-state index in [-0.39, 0.29) is 41.9 Å². The number of hydrogen-bond acceptors (Lipinski definition) is 9. The highest BCUT2D eigenvalue weighted by molar-refractivity contribution is 5.96. The number of methoxy groups -OCH3 is 2. The Morgan fingerprint density at radius 1 is 0.758 bits per heavy atom. The van der Waals surface area contributed by atoms with E-state index in [9.17, 15) is 28.8 Å². The largest absolute Gasteiger partial charge is 0.379 e. The van der Waals surface area contributed by atoms with Gasteiger partial charge in [0.1, 0.15) is 12.1 Å². The molecule has 10 atom stereocenters. The summed E-state index contributed by atoms with van der Waals surface area (Å²) in [5, 5.41) is 8.96. The number of carbonyl (C=O) groups excluding carboxylic acids is 6. The van der Waals surface area contributed by atoms with Crippen LogP contribution >= 0.6 is 0 Å². The third-order valence-electron chi connectivity index (χ3n) is 12.5. The molecule has 0 aliphatic carbocycles. The quantitative estimate of drug-likeness (QED) is 0.109. The SMILES string of the molecule is CCC(C)C(C(CC(=O)N1CCCC1C(OC)C(C)C(=O)NC(C(=O)NNC(=O)c1ccccc1)C(C)c1ccccc1)OC)N(C)C(=O)C(NC(=O)C(NC)C(C)C)C(C)C. The van der Waals surface area contributed by atoms with E-state index in [1.807, 2.05) is 78.8 Å². The molecule has 1 aliphatic heterocycles. The van der Waals surface area contributed by atoms with Crippen LogP contribution in [-0.4, -0.2) is 123 Å². The Hall–Kier alpha value is -4.86. The number of carbonyl (C=O) groups is 6. The maximum Gasteiger partial charge on any atom is 0.269 e. The molecule has 6 amide bonds. The fraction of sp³-hybridized carbons (Fsp3) is 0.617. The topological polar surface area (TPSA) is 188 Å². The predicted molar refractivity (Wildman–Crippen MR) is 239 cm³/mol. The van der Waals surface area contributed by atoms with Gasteiger partial charge in [-0.15, -0.1) is 0 Å². The summed E-state index contributed by atoms with van der Waals surface area (Å²) in [5.41, 5.74) is 6.11. The lowest BCUT2D eigenvalue weighted by Crippen LogP contribution is -2.59. The lowest BCUT2D eigenvalue weighted by atomic mass is 9.89. The molecule has 10 unspecified atom stereocenters. The van der Waals surface area contributed by atoms with Crippen LogP contribution in [0.3, 0.4) is 0 Å². The average molecular weight is 864 g/mol. The Kier molecular flexibility index (Phi) is 20.5. The van der Waals surface area contributed by atoms with Gasteiger partial charge in [0.25, 0.3) is 11.8 Å². The van der Waals surface area contributed by atoms with Gasteiger partial charge in [0.2, 0.25) is 23.6 Å². The number of benzene rings is 2. The normalized spacial score (nSPS) is 18.4. The maximum absolute atomic E-state index is 14.4. The van der Waals surface area contributed by atoms with Crippen LogP contribution in [0.4, 0.5) is 0 Å². The van der Waals surface area contributed by atoms with Crippen molar-refractivity contribution in [3.05, 3.63) is 71.8 Å². The third kappa shape index (κ3) is 13.3. The molecule has 0 saturated carbocycles. The minimum atomic E-state index is -1.08. The fourth-order valence-corrected chi connectivity index (χ4v) is 8.56. The van der Waals surface area contributed by atoms with E-state index in [0.717, 1.165) is 5.56 Å². The number of hydrazine groups is 1. The molecule has 1 saturated heterocycles. The van der Waals surface area contributed by atoms with E-state index in [1.54, 1.807) is 61.2 Å². The molecular weight excluding hydrogens is 791 g/mol. The minimum absolute atomic E-state index is 0.00890. The van der Waals surface area contributed by atoms with Gasteiger partial charge in [-0.05, 0) is 55.3 Å². The Bertz CT molecular complexity index is 1760. The van der Waals surface area contributed by atoms with Crippen molar-refractivity contribution >= 4 is 35.4 Å². The van der Waals surface area contributed by atoms with Gasteiger partial charge in [-0.3, -0.25) is 39.6 Å². The Morgan fingerprint density at radius 3 is 1.87 bits per heavy atom. The van der Waals surface area contributed by atoms with Crippen LogP contribution in [0.5, 0.6) is 0 Å². The smallest absolute Gasteiger partial charge is 0.269 e. The fourth-order valence-electron chi connectivity index (χ4n) is 8.56. The summed E-state index contributed by atoms with van der Waals surface area (Å²) in [6.07, 6.45) is 0.536. The monoisotopic (exact) mass is 864 g/mol. The molecule has 3 rings (SSSR count). The lowest BCUT2D eigenvalue weighted by molar-refractivity contribution is -0.148.